The van der Waals surface area contributed by atoms with E-state index >= 15 is 0 Å². The van der Waals surface area contributed by atoms with Gasteiger partial charge >= 0.3 is 11.4 Å². The smallest absolute Gasteiger partial charge is 0.324 e. The van der Waals surface area contributed by atoms with E-state index in [9.17, 15) is 30.3 Å². The summed E-state index contributed by atoms with van der Waals surface area (Å²) in [5.41, 5.74) is -3.00. The fourth-order valence-electron chi connectivity index (χ4n) is 3.36. The third-order valence-corrected chi connectivity index (χ3v) is 4.58. The van der Waals surface area contributed by atoms with E-state index in [1.165, 1.54) is 32.2 Å². The number of phenols is 1. The quantitative estimate of drug-likeness (QED) is 0.642. The summed E-state index contributed by atoms with van der Waals surface area (Å²) in [4.78, 5) is 30.3. The van der Waals surface area contributed by atoms with Crippen molar-refractivity contribution in [2.45, 2.75) is 31.7 Å². The van der Waals surface area contributed by atoms with E-state index in [0.29, 0.717) is 12.1 Å². The lowest BCUT2D eigenvalue weighted by molar-refractivity contribution is -0.404. The molecular formula is C14H18N4O7. The maximum absolute atomic E-state index is 10.4. The second kappa shape index (κ2) is 7.38. The second-order valence-corrected chi connectivity index (χ2v) is 6.23. The number of nitro groups is 3. The lowest BCUT2D eigenvalue weighted by atomic mass is 9.91. The van der Waals surface area contributed by atoms with Crippen molar-refractivity contribution in [1.29, 1.82) is 0 Å². The predicted molar refractivity (Wildman–Crippen MR) is 86.4 cm³/mol. The highest BCUT2D eigenvalue weighted by molar-refractivity contribution is 5.64. The van der Waals surface area contributed by atoms with Crippen molar-refractivity contribution < 1.29 is 19.9 Å². The first-order chi connectivity index (χ1) is 11.7. The molecule has 1 saturated heterocycles. The molecule has 25 heavy (non-hydrogen) atoms. The number of phenolic OH excluding ortho intramolecular Hbond substituents is 1. The first-order valence-electron chi connectivity index (χ1n) is 7.71. The zero-order chi connectivity index (χ0) is 18.7. The number of hydrogen-bond donors (Lipinski definition) is 1. The molecule has 0 aromatic heterocycles. The molecule has 2 bridgehead atoms. The highest BCUT2D eigenvalue weighted by atomic mass is 16.6. The van der Waals surface area contributed by atoms with Crippen LogP contribution < -0.4 is 0 Å². The van der Waals surface area contributed by atoms with E-state index in [1.807, 2.05) is 0 Å². The number of aromatic hydroxyl groups is 1. The molecule has 1 saturated carbocycles. The molecule has 1 N–H and O–H groups in total. The Labute approximate surface area is 142 Å². The molecule has 136 valence electrons. The molecule has 0 radical (unpaired) electrons. The van der Waals surface area contributed by atoms with Gasteiger partial charge in [-0.3, -0.25) is 30.3 Å². The first-order valence-corrected chi connectivity index (χ1v) is 7.71. The van der Waals surface area contributed by atoms with Crippen LogP contribution in [0.2, 0.25) is 0 Å². The topological polar surface area (TPSA) is 153 Å². The van der Waals surface area contributed by atoms with Crippen LogP contribution in [0, 0.1) is 36.3 Å². The van der Waals surface area contributed by atoms with Crippen LogP contribution in [0.4, 0.5) is 17.1 Å². The van der Waals surface area contributed by atoms with Gasteiger partial charge in [0.05, 0.1) is 26.9 Å². The molecule has 1 aromatic rings. The number of likely N-dealkylation sites (tertiary alicyclic amines) is 1. The monoisotopic (exact) mass is 354 g/mol. The van der Waals surface area contributed by atoms with Crippen molar-refractivity contribution in [3.63, 3.8) is 0 Å². The minimum Gasteiger partial charge on any atom is -0.497 e. The third-order valence-electron chi connectivity index (χ3n) is 4.58. The molecule has 2 aliphatic rings. The number of nitro benzene ring substituents is 3. The highest BCUT2D eigenvalue weighted by Gasteiger charge is 2.32. The zero-order valence-corrected chi connectivity index (χ0v) is 13.5. The number of fused-ring (bicyclic) bond motifs is 2. The summed E-state index contributed by atoms with van der Waals surface area (Å²) < 4.78 is 0. The van der Waals surface area contributed by atoms with Crippen LogP contribution >= 0.6 is 0 Å². The van der Waals surface area contributed by atoms with Crippen LogP contribution in [-0.4, -0.2) is 44.4 Å². The minimum absolute atomic E-state index is 0.447. The molecule has 3 rings (SSSR count). The molecule has 11 heteroatoms. The molecule has 2 atom stereocenters. The largest absolute Gasteiger partial charge is 0.497 e. The number of non-ortho nitro benzene ring substituents is 1. The van der Waals surface area contributed by atoms with Crippen molar-refractivity contribution >= 4 is 17.1 Å². The van der Waals surface area contributed by atoms with E-state index in [1.54, 1.807) is 0 Å². The number of hydrogen-bond acceptors (Lipinski definition) is 8. The Hall–Kier alpha value is -2.82. The molecule has 0 spiro atoms. The SMILES string of the molecule is CN1CC2CCCC1C2.O=[N+]([O-])c1cc([N+](=O)[O-])c(O)c([N+](=O)[O-])c1. The van der Waals surface area contributed by atoms with Crippen LogP contribution in [0.3, 0.4) is 0 Å². The zero-order valence-electron chi connectivity index (χ0n) is 13.5. The predicted octanol–water partition coefficient (Wildman–Crippen LogP) is 2.61. The van der Waals surface area contributed by atoms with Crippen LogP contribution in [-0.2, 0) is 0 Å². The third kappa shape index (κ3) is 4.18. The summed E-state index contributed by atoms with van der Waals surface area (Å²) in [6.45, 7) is 1.38. The average Bonchev–Trinajstić information content (AvgIpc) is 2.79. The van der Waals surface area contributed by atoms with Gasteiger partial charge in [-0.25, -0.2) is 0 Å². The normalized spacial score (nSPS) is 22.0. The average molecular weight is 354 g/mol. The standard InChI is InChI=1S/C8H15N.C6H3N3O7/c1-9-6-7-3-2-4-8(9)5-7;10-6-4(8(13)14)1-3(7(11)12)2-5(6)9(15)16/h7-8H,2-6H2,1H3;1-2,10H. The van der Waals surface area contributed by atoms with Crippen LogP contribution in [0.15, 0.2) is 12.1 Å². The number of nitrogens with zero attached hydrogens (tertiary/aromatic N) is 4. The van der Waals surface area contributed by atoms with Crippen molar-refractivity contribution in [2.75, 3.05) is 13.6 Å². The Bertz CT molecular complexity index is 671. The summed E-state index contributed by atoms with van der Waals surface area (Å²) in [5.74, 6) is -0.144. The molecule has 1 aliphatic carbocycles. The van der Waals surface area contributed by atoms with Gasteiger partial charge in [-0.15, -0.1) is 0 Å². The summed E-state index contributed by atoms with van der Waals surface area (Å²) in [5, 5.41) is 40.2. The molecule has 1 heterocycles. The fourth-order valence-corrected chi connectivity index (χ4v) is 3.36. The van der Waals surface area contributed by atoms with Crippen LogP contribution in [0.5, 0.6) is 5.75 Å². The fraction of sp³-hybridized carbons (Fsp3) is 0.571. The maximum atomic E-state index is 10.4. The molecule has 2 fully saturated rings. The Kier molecular flexibility index (Phi) is 5.47. The van der Waals surface area contributed by atoms with Crippen LogP contribution in [0.1, 0.15) is 25.7 Å². The molecule has 11 nitrogen and oxygen atoms in total. The highest BCUT2D eigenvalue weighted by Crippen LogP contribution is 2.39. The van der Waals surface area contributed by atoms with E-state index in [-0.39, 0.29) is 0 Å². The minimum atomic E-state index is -1.21. The summed E-state index contributed by atoms with van der Waals surface area (Å²) in [6.07, 6.45) is 5.95. The lowest BCUT2D eigenvalue weighted by Crippen LogP contribution is -2.23. The summed E-state index contributed by atoms with van der Waals surface area (Å²) in [7, 11) is 2.27. The molecule has 2 unspecified atom stereocenters. The van der Waals surface area contributed by atoms with Crippen molar-refractivity contribution in [3.8, 4) is 5.75 Å². The van der Waals surface area contributed by atoms with Gasteiger partial charge in [0.15, 0.2) is 0 Å². The van der Waals surface area contributed by atoms with Crippen molar-refractivity contribution in [1.82, 2.24) is 4.90 Å². The van der Waals surface area contributed by atoms with Gasteiger partial charge in [0.2, 0.25) is 0 Å². The first kappa shape index (κ1) is 18.5. The van der Waals surface area contributed by atoms with Gasteiger partial charge in [0.1, 0.15) is 0 Å². The Morgan fingerprint density at radius 3 is 2.00 bits per heavy atom. The van der Waals surface area contributed by atoms with Gasteiger partial charge in [0.25, 0.3) is 11.4 Å². The van der Waals surface area contributed by atoms with Crippen molar-refractivity contribution in [2.24, 2.45) is 5.92 Å². The Morgan fingerprint density at radius 2 is 1.60 bits per heavy atom. The maximum Gasteiger partial charge on any atom is 0.324 e. The van der Waals surface area contributed by atoms with Gasteiger partial charge in [-0.05, 0) is 32.2 Å². The Morgan fingerprint density at radius 1 is 1.04 bits per heavy atom. The van der Waals surface area contributed by atoms with E-state index in [2.05, 4.69) is 11.9 Å². The van der Waals surface area contributed by atoms with Crippen molar-refractivity contribution in [3.05, 3.63) is 42.5 Å². The second-order valence-electron chi connectivity index (χ2n) is 6.23. The van der Waals surface area contributed by atoms with E-state index < -0.39 is 37.6 Å². The van der Waals surface area contributed by atoms with Crippen LogP contribution in [0.25, 0.3) is 0 Å². The van der Waals surface area contributed by atoms with Gasteiger partial charge in [-0.2, -0.15) is 0 Å². The van der Waals surface area contributed by atoms with Gasteiger partial charge < -0.3 is 10.0 Å². The number of rotatable bonds is 3. The molecular weight excluding hydrogens is 336 g/mol. The van der Waals surface area contributed by atoms with E-state index in [0.717, 1.165) is 12.0 Å². The van der Waals surface area contributed by atoms with E-state index in [4.69, 9.17) is 5.11 Å². The summed E-state index contributed by atoms with van der Waals surface area (Å²) in [6, 6.07) is 1.86. The van der Waals surface area contributed by atoms with Gasteiger partial charge in [0, 0.05) is 12.6 Å². The number of benzene rings is 1. The molecule has 1 aliphatic heterocycles. The van der Waals surface area contributed by atoms with Gasteiger partial charge in [-0.1, -0.05) is 6.42 Å². The summed E-state index contributed by atoms with van der Waals surface area (Å²) >= 11 is 0. The molecule has 1 aromatic carbocycles. The Balaban J connectivity index is 0.000000208. The molecule has 0 amide bonds. The lowest BCUT2D eigenvalue weighted by Gasteiger charge is -2.19.